The lowest BCUT2D eigenvalue weighted by Crippen LogP contribution is -2.45. The molecule has 1 unspecified atom stereocenters. The van der Waals surface area contributed by atoms with Gasteiger partial charge in [-0.15, -0.1) is 0 Å². The van der Waals surface area contributed by atoms with Gasteiger partial charge < -0.3 is 20.1 Å². The molecule has 0 saturated heterocycles. The van der Waals surface area contributed by atoms with Crippen molar-refractivity contribution in [3.05, 3.63) is 39.5 Å². The minimum absolute atomic E-state index is 0.368. The molecule has 7 heteroatoms. The molecule has 0 aliphatic carbocycles. The highest BCUT2D eigenvalue weighted by Gasteiger charge is 2.30. The summed E-state index contributed by atoms with van der Waals surface area (Å²) in [5.74, 6) is 0.392. The molecule has 1 aromatic rings. The highest BCUT2D eigenvalue weighted by Crippen LogP contribution is 2.33. The molecule has 2 rings (SSSR count). The van der Waals surface area contributed by atoms with Gasteiger partial charge in [-0.2, -0.15) is 0 Å². The van der Waals surface area contributed by atoms with Gasteiger partial charge >= 0.3 is 5.97 Å². The number of unbranched alkanes of at least 4 members (excludes halogenated alkanes) is 1. The monoisotopic (exact) mass is 412 g/mol. The molecule has 1 aromatic carbocycles. The standard InChI is InChI=1S/C17H21BrN2O3S/c1-4-5-8-23-13-7-6-11(9-12(13)18)15-14(16(21)22-3)10(2)19-17(24)20-15/h6-7,9,15H,4-5,8H2,1-3H3,(H2,19,20,24). The summed E-state index contributed by atoms with van der Waals surface area (Å²) in [5, 5.41) is 6.57. The Bertz CT molecular complexity index is 676. The number of allylic oxidation sites excluding steroid dienone is 1. The van der Waals surface area contributed by atoms with Crippen LogP contribution in [0.5, 0.6) is 5.75 Å². The Morgan fingerprint density at radius 2 is 2.17 bits per heavy atom. The van der Waals surface area contributed by atoms with Gasteiger partial charge in [-0.05, 0) is 59.2 Å². The van der Waals surface area contributed by atoms with Gasteiger partial charge in [0.05, 0.1) is 29.8 Å². The first kappa shape index (κ1) is 18.7. The van der Waals surface area contributed by atoms with E-state index in [1.165, 1.54) is 7.11 Å². The first-order chi connectivity index (χ1) is 11.5. The molecule has 0 amide bonds. The number of carbonyl (C=O) groups is 1. The molecule has 0 radical (unpaired) electrons. The van der Waals surface area contributed by atoms with Crippen LogP contribution in [0, 0.1) is 0 Å². The van der Waals surface area contributed by atoms with Gasteiger partial charge in [0.1, 0.15) is 5.75 Å². The lowest BCUT2D eigenvalue weighted by molar-refractivity contribution is -0.136. The van der Waals surface area contributed by atoms with E-state index < -0.39 is 0 Å². The summed E-state index contributed by atoms with van der Waals surface area (Å²) in [6.45, 7) is 4.61. The number of methoxy groups -OCH3 is 1. The quantitative estimate of drug-likeness (QED) is 0.422. The average Bonchev–Trinajstić information content (AvgIpc) is 2.55. The number of carbonyl (C=O) groups excluding carboxylic acids is 1. The molecule has 0 aromatic heterocycles. The van der Waals surface area contributed by atoms with Crippen molar-refractivity contribution in [1.82, 2.24) is 10.6 Å². The number of ether oxygens (including phenoxy) is 2. The van der Waals surface area contributed by atoms with Crippen molar-refractivity contribution >= 4 is 39.2 Å². The summed E-state index contributed by atoms with van der Waals surface area (Å²) in [6.07, 6.45) is 2.09. The molecule has 5 nitrogen and oxygen atoms in total. The normalized spacial score (nSPS) is 17.2. The van der Waals surface area contributed by atoms with Crippen LogP contribution in [-0.4, -0.2) is 24.8 Å². The van der Waals surface area contributed by atoms with Crippen LogP contribution in [0.1, 0.15) is 38.3 Å². The van der Waals surface area contributed by atoms with Crippen molar-refractivity contribution in [1.29, 1.82) is 0 Å². The van der Waals surface area contributed by atoms with Crippen molar-refractivity contribution in [2.45, 2.75) is 32.7 Å². The van der Waals surface area contributed by atoms with Gasteiger partial charge in [0, 0.05) is 5.70 Å². The highest BCUT2D eigenvalue weighted by molar-refractivity contribution is 9.10. The zero-order valence-electron chi connectivity index (χ0n) is 13.9. The van der Waals surface area contributed by atoms with E-state index in [1.807, 2.05) is 25.1 Å². The van der Waals surface area contributed by atoms with Crippen molar-refractivity contribution in [3.63, 3.8) is 0 Å². The average molecular weight is 413 g/mol. The molecule has 0 bridgehead atoms. The Morgan fingerprint density at radius 1 is 1.42 bits per heavy atom. The Morgan fingerprint density at radius 3 is 2.79 bits per heavy atom. The van der Waals surface area contributed by atoms with E-state index in [-0.39, 0.29) is 12.0 Å². The number of benzene rings is 1. The number of hydrogen-bond donors (Lipinski definition) is 2. The molecule has 2 N–H and O–H groups in total. The van der Waals surface area contributed by atoms with E-state index in [1.54, 1.807) is 0 Å². The maximum absolute atomic E-state index is 12.2. The fraction of sp³-hybridized carbons (Fsp3) is 0.412. The first-order valence-electron chi connectivity index (χ1n) is 7.76. The van der Waals surface area contributed by atoms with E-state index in [4.69, 9.17) is 21.7 Å². The number of thiocarbonyl (C=S) groups is 1. The van der Waals surface area contributed by atoms with Gasteiger partial charge in [0.25, 0.3) is 0 Å². The summed E-state index contributed by atoms with van der Waals surface area (Å²) >= 11 is 8.76. The molecular formula is C17H21BrN2O3S. The number of hydrogen-bond acceptors (Lipinski definition) is 4. The molecule has 1 heterocycles. The van der Waals surface area contributed by atoms with Gasteiger partial charge in [-0.3, -0.25) is 0 Å². The highest BCUT2D eigenvalue weighted by atomic mass is 79.9. The van der Waals surface area contributed by atoms with Crippen LogP contribution in [0.2, 0.25) is 0 Å². The second-order valence-corrected chi connectivity index (χ2v) is 6.72. The molecule has 130 valence electrons. The van der Waals surface area contributed by atoms with Gasteiger partial charge in [-0.25, -0.2) is 4.79 Å². The van der Waals surface area contributed by atoms with Crippen LogP contribution in [0.25, 0.3) is 0 Å². The third-order valence-corrected chi connectivity index (χ3v) is 4.56. The lowest BCUT2D eigenvalue weighted by atomic mass is 9.95. The second-order valence-electron chi connectivity index (χ2n) is 5.45. The third-order valence-electron chi connectivity index (χ3n) is 3.72. The fourth-order valence-electron chi connectivity index (χ4n) is 2.46. The van der Waals surface area contributed by atoms with Crippen LogP contribution in [0.4, 0.5) is 0 Å². The van der Waals surface area contributed by atoms with Crippen LogP contribution in [0.3, 0.4) is 0 Å². The smallest absolute Gasteiger partial charge is 0.337 e. The minimum Gasteiger partial charge on any atom is -0.492 e. The topological polar surface area (TPSA) is 59.6 Å². The van der Waals surface area contributed by atoms with Gasteiger partial charge in [0.2, 0.25) is 0 Å². The minimum atomic E-state index is -0.389. The number of nitrogens with one attached hydrogen (secondary N) is 2. The predicted molar refractivity (Wildman–Crippen MR) is 101 cm³/mol. The van der Waals surface area contributed by atoms with E-state index >= 15 is 0 Å². The van der Waals surface area contributed by atoms with E-state index in [9.17, 15) is 4.79 Å². The molecule has 1 aliphatic heterocycles. The largest absolute Gasteiger partial charge is 0.492 e. The summed E-state index contributed by atoms with van der Waals surface area (Å²) in [7, 11) is 1.37. The van der Waals surface area contributed by atoms with Crippen molar-refractivity contribution in [2.75, 3.05) is 13.7 Å². The number of rotatable bonds is 6. The van der Waals surface area contributed by atoms with E-state index in [2.05, 4.69) is 33.5 Å². The summed E-state index contributed by atoms with van der Waals surface area (Å²) in [4.78, 5) is 12.2. The molecule has 0 saturated carbocycles. The Labute approximate surface area is 155 Å². The Balaban J connectivity index is 2.31. The third kappa shape index (κ3) is 4.27. The molecule has 0 fully saturated rings. The zero-order valence-corrected chi connectivity index (χ0v) is 16.3. The summed E-state index contributed by atoms with van der Waals surface area (Å²) in [5.41, 5.74) is 2.10. The first-order valence-corrected chi connectivity index (χ1v) is 8.96. The van der Waals surface area contributed by atoms with Crippen LogP contribution in [0.15, 0.2) is 33.9 Å². The second kappa shape index (κ2) is 8.48. The fourth-order valence-corrected chi connectivity index (χ4v) is 3.25. The van der Waals surface area contributed by atoms with Crippen LogP contribution >= 0.6 is 28.1 Å². The zero-order chi connectivity index (χ0) is 17.7. The van der Waals surface area contributed by atoms with Gasteiger partial charge in [-0.1, -0.05) is 19.4 Å². The summed E-state index contributed by atoms with van der Waals surface area (Å²) in [6, 6.07) is 5.38. The molecule has 24 heavy (non-hydrogen) atoms. The van der Waals surface area contributed by atoms with Crippen LogP contribution < -0.4 is 15.4 Å². The van der Waals surface area contributed by atoms with Gasteiger partial charge in [0.15, 0.2) is 5.11 Å². The Hall–Kier alpha value is -1.60. The van der Waals surface area contributed by atoms with Crippen molar-refractivity contribution in [3.8, 4) is 5.75 Å². The predicted octanol–water partition coefficient (Wildman–Crippen LogP) is 3.59. The van der Waals surface area contributed by atoms with Crippen LogP contribution in [-0.2, 0) is 9.53 Å². The lowest BCUT2D eigenvalue weighted by Gasteiger charge is -2.29. The molecule has 1 atom stereocenters. The molecule has 1 aliphatic rings. The number of halogens is 1. The SMILES string of the molecule is CCCCOc1ccc(C2NC(=S)NC(C)=C2C(=O)OC)cc1Br. The number of esters is 1. The van der Waals surface area contributed by atoms with E-state index in [0.29, 0.717) is 23.0 Å². The summed E-state index contributed by atoms with van der Waals surface area (Å²) < 4.78 is 11.5. The molecular weight excluding hydrogens is 392 g/mol. The maximum Gasteiger partial charge on any atom is 0.337 e. The molecule has 0 spiro atoms. The maximum atomic E-state index is 12.2. The van der Waals surface area contributed by atoms with Crippen molar-refractivity contribution in [2.24, 2.45) is 0 Å². The van der Waals surface area contributed by atoms with E-state index in [0.717, 1.165) is 28.6 Å². The Kier molecular flexibility index (Phi) is 6.62. The van der Waals surface area contributed by atoms with Crippen molar-refractivity contribution < 1.29 is 14.3 Å².